The monoisotopic (exact) mass is 671 g/mol. The fraction of sp³-hybridized carbons (Fsp3) is 0.667. The first-order valence-electron chi connectivity index (χ1n) is 13.4. The average Bonchev–Trinajstić information content (AvgIpc) is 2.78. The van der Waals surface area contributed by atoms with E-state index >= 15 is 0 Å². The molecule has 2 aromatic rings. The molecule has 0 unspecified atom stereocenters. The van der Waals surface area contributed by atoms with E-state index in [1.165, 1.54) is 0 Å². The van der Waals surface area contributed by atoms with E-state index in [0.29, 0.717) is 18.9 Å². The minimum Gasteiger partial charge on any atom is -0.323 e. The van der Waals surface area contributed by atoms with Gasteiger partial charge in [0.2, 0.25) is 0 Å². The number of pyridine rings is 1. The Kier molecular flexibility index (Phi) is 14.2. The van der Waals surface area contributed by atoms with E-state index < -0.39 is 21.4 Å². The van der Waals surface area contributed by atoms with Crippen molar-refractivity contribution < 1.29 is 46.4 Å². The summed E-state index contributed by atoms with van der Waals surface area (Å²) < 4.78 is 38.3. The molecule has 39 heavy (non-hydrogen) atoms. The minimum atomic E-state index is -2.24. The Balaban J connectivity index is 0.00000533. The average molecular weight is 672 g/mol. The molecule has 217 valence electrons. The third-order valence-corrected chi connectivity index (χ3v) is 9.77. The summed E-state index contributed by atoms with van der Waals surface area (Å²) in [4.78, 5) is 14.2. The summed E-state index contributed by atoms with van der Waals surface area (Å²) in [5.41, 5.74) is 1.99. The van der Waals surface area contributed by atoms with Gasteiger partial charge < -0.3 is 13.7 Å². The van der Waals surface area contributed by atoms with Gasteiger partial charge in [0.05, 0.1) is 46.0 Å². The SMILES string of the molecule is CP(C)(=O)CN1CCN(Cc2ccc3c[c-]ccc3n2)CCN(CP(C)(C)=O)CCN(CP(C)(C)=O)CC1.[Y]. The second-order valence-corrected chi connectivity index (χ2v) is 22.5. The van der Waals surface area contributed by atoms with Gasteiger partial charge in [-0.15, -0.1) is 17.5 Å². The van der Waals surface area contributed by atoms with Gasteiger partial charge in [0.25, 0.3) is 0 Å². The van der Waals surface area contributed by atoms with Crippen LogP contribution in [0.3, 0.4) is 0 Å². The van der Waals surface area contributed by atoms with Crippen molar-refractivity contribution in [2.45, 2.75) is 6.54 Å². The molecular weight excluding hydrogens is 624 g/mol. The fourth-order valence-electron chi connectivity index (χ4n) is 4.97. The molecule has 2 heterocycles. The topological polar surface area (TPSA) is 77.1 Å². The van der Waals surface area contributed by atoms with Crippen LogP contribution in [0.15, 0.2) is 30.3 Å². The van der Waals surface area contributed by atoms with Crippen molar-refractivity contribution in [3.8, 4) is 0 Å². The predicted octanol–water partition coefficient (Wildman–Crippen LogP) is 4.49. The van der Waals surface area contributed by atoms with Crippen LogP contribution in [0.5, 0.6) is 0 Å². The van der Waals surface area contributed by atoms with Crippen LogP contribution in [0, 0.1) is 6.07 Å². The minimum absolute atomic E-state index is 0. The van der Waals surface area contributed by atoms with Crippen LogP contribution in [-0.2, 0) is 52.9 Å². The van der Waals surface area contributed by atoms with Gasteiger partial charge in [0, 0.05) is 91.6 Å². The van der Waals surface area contributed by atoms with Crippen molar-refractivity contribution in [3.63, 3.8) is 0 Å². The molecule has 0 aliphatic carbocycles. The van der Waals surface area contributed by atoms with Gasteiger partial charge in [0.1, 0.15) is 0 Å². The van der Waals surface area contributed by atoms with Gasteiger partial charge in [0.15, 0.2) is 0 Å². The number of hydrogen-bond donors (Lipinski definition) is 0. The fourth-order valence-corrected chi connectivity index (χ4v) is 8.71. The molecule has 1 aliphatic heterocycles. The van der Waals surface area contributed by atoms with Gasteiger partial charge in [-0.3, -0.25) is 24.6 Å². The van der Waals surface area contributed by atoms with Gasteiger partial charge in [-0.2, -0.15) is 18.2 Å². The van der Waals surface area contributed by atoms with Crippen LogP contribution in [-0.4, -0.2) is 136 Å². The molecule has 3 rings (SSSR count). The molecule has 1 radical (unpaired) electrons. The molecule has 0 saturated carbocycles. The molecular formula is C27H47N5O3P3Y-. The normalized spacial score (nSPS) is 18.8. The number of aromatic nitrogens is 1. The van der Waals surface area contributed by atoms with E-state index in [0.717, 1.165) is 75.5 Å². The molecule has 1 saturated heterocycles. The van der Waals surface area contributed by atoms with E-state index in [-0.39, 0.29) is 32.7 Å². The van der Waals surface area contributed by atoms with Gasteiger partial charge in [-0.1, -0.05) is 6.07 Å². The van der Waals surface area contributed by atoms with Crippen molar-refractivity contribution in [2.75, 3.05) is 111 Å². The van der Waals surface area contributed by atoms with Crippen molar-refractivity contribution in [2.24, 2.45) is 0 Å². The Hall–Kier alpha value is 0.264. The first kappa shape index (κ1) is 35.5. The summed E-state index contributed by atoms with van der Waals surface area (Å²) in [6.45, 7) is 18.2. The van der Waals surface area contributed by atoms with E-state index in [1.807, 2.05) is 58.2 Å². The largest absolute Gasteiger partial charge is 0.323 e. The zero-order valence-electron chi connectivity index (χ0n) is 24.8. The number of hydrogen-bond acceptors (Lipinski definition) is 8. The van der Waals surface area contributed by atoms with E-state index in [1.54, 1.807) is 0 Å². The molecule has 8 nitrogen and oxygen atoms in total. The molecule has 1 fully saturated rings. The maximum Gasteiger partial charge on any atom is 0.0951 e. The Bertz CT molecular complexity index is 1160. The number of fused-ring (bicyclic) bond motifs is 1. The van der Waals surface area contributed by atoms with Crippen LogP contribution in [0.4, 0.5) is 0 Å². The zero-order chi connectivity index (χ0) is 28.0. The van der Waals surface area contributed by atoms with Crippen LogP contribution in [0.1, 0.15) is 5.69 Å². The van der Waals surface area contributed by atoms with E-state index in [4.69, 9.17) is 4.98 Å². The number of nitrogens with zero attached hydrogens (tertiary/aromatic N) is 5. The Morgan fingerprint density at radius 3 is 1.49 bits per heavy atom. The van der Waals surface area contributed by atoms with Crippen molar-refractivity contribution >= 4 is 32.3 Å². The van der Waals surface area contributed by atoms with Crippen LogP contribution in [0.2, 0.25) is 0 Å². The standard InChI is InChI=1S/C27H47N5O3P3.Y/c1-36(2,33)22-30-15-13-29(21-26-12-11-25-9-7-8-10-27(25)28-26)14-16-31(23-37(3,4)34)18-20-32(19-17-30)24-38(5,6)35;/h8-12H,13-24H2,1-6H3;/q-1;. The molecule has 0 bridgehead atoms. The van der Waals surface area contributed by atoms with Gasteiger partial charge in [-0.25, -0.2) is 0 Å². The summed E-state index contributed by atoms with van der Waals surface area (Å²) in [7, 11) is -6.72. The molecule has 12 heteroatoms. The summed E-state index contributed by atoms with van der Waals surface area (Å²) in [5, 5.41) is 1.08. The summed E-state index contributed by atoms with van der Waals surface area (Å²) in [6, 6.07) is 13.2. The quantitative estimate of drug-likeness (QED) is 0.300. The van der Waals surface area contributed by atoms with Gasteiger partial charge >= 0.3 is 0 Å². The zero-order valence-corrected chi connectivity index (χ0v) is 30.3. The smallest absolute Gasteiger partial charge is 0.0951 e. The van der Waals surface area contributed by atoms with E-state index in [2.05, 4.69) is 37.8 Å². The Morgan fingerprint density at radius 1 is 0.667 bits per heavy atom. The number of benzene rings is 1. The summed E-state index contributed by atoms with van der Waals surface area (Å²) in [6.07, 6.45) is 1.73. The van der Waals surface area contributed by atoms with Crippen molar-refractivity contribution in [3.05, 3.63) is 42.1 Å². The Morgan fingerprint density at radius 2 is 1.08 bits per heavy atom. The van der Waals surface area contributed by atoms with E-state index in [9.17, 15) is 13.7 Å². The molecule has 1 aromatic carbocycles. The molecule has 1 aliphatic rings. The maximum absolute atomic E-state index is 12.8. The first-order valence-corrected chi connectivity index (χ1v) is 21.8. The predicted molar refractivity (Wildman–Crippen MR) is 164 cm³/mol. The first-order chi connectivity index (χ1) is 17.7. The molecule has 0 atom stereocenters. The maximum atomic E-state index is 12.8. The number of rotatable bonds is 8. The van der Waals surface area contributed by atoms with Crippen molar-refractivity contribution in [1.29, 1.82) is 0 Å². The molecule has 0 N–H and O–H groups in total. The second kappa shape index (κ2) is 15.7. The summed E-state index contributed by atoms with van der Waals surface area (Å²) in [5.74, 6) is 0. The Labute approximate surface area is 261 Å². The molecule has 0 spiro atoms. The van der Waals surface area contributed by atoms with Crippen LogP contribution < -0.4 is 0 Å². The van der Waals surface area contributed by atoms with Crippen LogP contribution in [0.25, 0.3) is 10.9 Å². The molecule has 0 amide bonds. The molecule has 1 aromatic heterocycles. The summed E-state index contributed by atoms with van der Waals surface area (Å²) >= 11 is 0. The second-order valence-electron chi connectivity index (χ2n) is 12.2. The van der Waals surface area contributed by atoms with Crippen LogP contribution >= 0.6 is 21.4 Å². The third kappa shape index (κ3) is 14.3. The van der Waals surface area contributed by atoms with Crippen molar-refractivity contribution in [1.82, 2.24) is 24.6 Å². The third-order valence-electron chi connectivity index (χ3n) is 6.53. The van der Waals surface area contributed by atoms with Gasteiger partial charge in [-0.05, 0) is 45.5 Å².